The Morgan fingerprint density at radius 2 is 1.94 bits per heavy atom. The van der Waals surface area contributed by atoms with Crippen molar-refractivity contribution < 1.29 is 0 Å². The summed E-state index contributed by atoms with van der Waals surface area (Å²) in [7, 11) is 0. The van der Waals surface area contributed by atoms with E-state index in [-0.39, 0.29) is 0 Å². The van der Waals surface area contributed by atoms with Crippen LogP contribution >= 0.6 is 0 Å². The Hall–Kier alpha value is -0.820. The highest BCUT2D eigenvalue weighted by Crippen LogP contribution is 2.50. The molecule has 0 radical (unpaired) electrons. The highest BCUT2D eigenvalue weighted by Gasteiger charge is 2.42. The summed E-state index contributed by atoms with van der Waals surface area (Å²) in [5, 5.41) is 3.70. The molecule has 0 aromatic heterocycles. The molecule has 0 amide bonds. The van der Waals surface area contributed by atoms with Crippen molar-refractivity contribution in [2.45, 2.75) is 57.9 Å². The van der Waals surface area contributed by atoms with Crippen LogP contribution in [0.1, 0.15) is 57.4 Å². The summed E-state index contributed by atoms with van der Waals surface area (Å²) in [5.41, 5.74) is 1.54. The highest BCUT2D eigenvalue weighted by atomic mass is 14.9. The first-order valence-corrected chi connectivity index (χ1v) is 7.65. The SMILES string of the molecule is CCCCCC(NCC)C1CC1c1ccccc1. The van der Waals surface area contributed by atoms with Crippen molar-refractivity contribution in [3.05, 3.63) is 35.9 Å². The average molecular weight is 245 g/mol. The van der Waals surface area contributed by atoms with Gasteiger partial charge in [-0.05, 0) is 36.8 Å². The fourth-order valence-corrected chi connectivity index (χ4v) is 3.09. The van der Waals surface area contributed by atoms with Crippen LogP contribution in [-0.2, 0) is 0 Å². The van der Waals surface area contributed by atoms with Gasteiger partial charge in [-0.25, -0.2) is 0 Å². The molecule has 0 spiro atoms. The van der Waals surface area contributed by atoms with Crippen molar-refractivity contribution in [3.63, 3.8) is 0 Å². The van der Waals surface area contributed by atoms with Gasteiger partial charge >= 0.3 is 0 Å². The lowest BCUT2D eigenvalue weighted by Crippen LogP contribution is -2.31. The van der Waals surface area contributed by atoms with Crippen molar-refractivity contribution in [1.29, 1.82) is 0 Å². The Balaban J connectivity index is 1.85. The molecule has 1 N–H and O–H groups in total. The largest absolute Gasteiger partial charge is 0.314 e. The number of hydrogen-bond acceptors (Lipinski definition) is 1. The first-order chi connectivity index (χ1) is 8.86. The van der Waals surface area contributed by atoms with Crippen molar-refractivity contribution in [2.75, 3.05) is 6.54 Å². The van der Waals surface area contributed by atoms with Gasteiger partial charge < -0.3 is 5.32 Å². The van der Waals surface area contributed by atoms with E-state index in [0.29, 0.717) is 0 Å². The van der Waals surface area contributed by atoms with E-state index in [1.807, 2.05) is 0 Å². The van der Waals surface area contributed by atoms with Crippen molar-refractivity contribution >= 4 is 0 Å². The smallest absolute Gasteiger partial charge is 0.0101 e. The highest BCUT2D eigenvalue weighted by molar-refractivity contribution is 5.26. The van der Waals surface area contributed by atoms with Gasteiger partial charge in [-0.15, -0.1) is 0 Å². The zero-order valence-electron chi connectivity index (χ0n) is 11.9. The van der Waals surface area contributed by atoms with Crippen LogP contribution in [-0.4, -0.2) is 12.6 Å². The maximum atomic E-state index is 3.70. The van der Waals surface area contributed by atoms with Gasteiger partial charge in [-0.1, -0.05) is 63.4 Å². The summed E-state index contributed by atoms with van der Waals surface area (Å²) in [6.45, 7) is 5.62. The molecule has 0 bridgehead atoms. The molecule has 1 saturated carbocycles. The van der Waals surface area contributed by atoms with Gasteiger partial charge in [0.05, 0.1) is 0 Å². The summed E-state index contributed by atoms with van der Waals surface area (Å²) >= 11 is 0. The average Bonchev–Trinajstić information content (AvgIpc) is 3.19. The summed E-state index contributed by atoms with van der Waals surface area (Å²) < 4.78 is 0. The Kier molecular flexibility index (Phi) is 5.25. The lowest BCUT2D eigenvalue weighted by atomic mass is 10.0. The van der Waals surface area contributed by atoms with Gasteiger partial charge in [-0.3, -0.25) is 0 Å². The monoisotopic (exact) mass is 245 g/mol. The van der Waals surface area contributed by atoms with E-state index in [1.54, 1.807) is 5.56 Å². The van der Waals surface area contributed by atoms with Crippen molar-refractivity contribution in [2.24, 2.45) is 5.92 Å². The lowest BCUT2D eigenvalue weighted by Gasteiger charge is -2.18. The predicted octanol–water partition coefficient (Wildman–Crippen LogP) is 4.35. The van der Waals surface area contributed by atoms with Crippen LogP contribution in [0, 0.1) is 5.92 Å². The minimum absolute atomic E-state index is 0.742. The number of benzene rings is 1. The van der Waals surface area contributed by atoms with E-state index in [1.165, 1.54) is 32.1 Å². The fraction of sp³-hybridized carbons (Fsp3) is 0.647. The molecule has 3 unspecified atom stereocenters. The summed E-state index contributed by atoms with van der Waals surface area (Å²) in [4.78, 5) is 0. The van der Waals surface area contributed by atoms with E-state index in [0.717, 1.165) is 24.4 Å². The standard InChI is InChI=1S/C17H27N/c1-3-5-7-12-17(18-4-2)16-13-15(16)14-10-8-6-9-11-14/h6,8-11,15-18H,3-5,7,12-13H2,1-2H3. The van der Waals surface area contributed by atoms with Crippen molar-refractivity contribution in [1.82, 2.24) is 5.32 Å². The van der Waals surface area contributed by atoms with Crippen LogP contribution < -0.4 is 5.32 Å². The molecule has 1 aromatic rings. The van der Waals surface area contributed by atoms with Gasteiger partial charge in [-0.2, -0.15) is 0 Å². The minimum atomic E-state index is 0.742. The molecule has 1 fully saturated rings. The van der Waals surface area contributed by atoms with E-state index in [9.17, 15) is 0 Å². The predicted molar refractivity (Wildman–Crippen MR) is 78.9 cm³/mol. The first-order valence-electron chi connectivity index (χ1n) is 7.65. The molecule has 0 heterocycles. The molecule has 1 heteroatoms. The lowest BCUT2D eigenvalue weighted by molar-refractivity contribution is 0.421. The van der Waals surface area contributed by atoms with E-state index in [4.69, 9.17) is 0 Å². The normalized spacial score (nSPS) is 23.9. The van der Waals surface area contributed by atoms with E-state index < -0.39 is 0 Å². The second kappa shape index (κ2) is 6.94. The molecule has 1 aliphatic carbocycles. The van der Waals surface area contributed by atoms with Gasteiger partial charge in [0.1, 0.15) is 0 Å². The maximum Gasteiger partial charge on any atom is 0.0101 e. The molecular formula is C17H27N. The third-order valence-corrected chi connectivity index (χ3v) is 4.17. The topological polar surface area (TPSA) is 12.0 Å². The number of rotatable bonds is 8. The molecule has 3 atom stereocenters. The first kappa shape index (κ1) is 13.6. The number of hydrogen-bond donors (Lipinski definition) is 1. The molecule has 1 aliphatic rings. The molecule has 0 aliphatic heterocycles. The van der Waals surface area contributed by atoms with Gasteiger partial charge in [0.15, 0.2) is 0 Å². The molecule has 1 aromatic carbocycles. The molecule has 100 valence electrons. The third-order valence-electron chi connectivity index (χ3n) is 4.17. The van der Waals surface area contributed by atoms with Gasteiger partial charge in [0.25, 0.3) is 0 Å². The zero-order valence-corrected chi connectivity index (χ0v) is 11.9. The van der Waals surface area contributed by atoms with Crippen LogP contribution in [0.5, 0.6) is 0 Å². The van der Waals surface area contributed by atoms with Crippen LogP contribution in [0.4, 0.5) is 0 Å². The van der Waals surface area contributed by atoms with Gasteiger partial charge in [0, 0.05) is 6.04 Å². The van der Waals surface area contributed by atoms with E-state index >= 15 is 0 Å². The second-order valence-electron chi connectivity index (χ2n) is 5.58. The third kappa shape index (κ3) is 3.58. The summed E-state index contributed by atoms with van der Waals surface area (Å²) in [6, 6.07) is 11.8. The second-order valence-corrected chi connectivity index (χ2v) is 5.58. The van der Waals surface area contributed by atoms with Crippen LogP contribution in [0.2, 0.25) is 0 Å². The number of nitrogens with one attached hydrogen (secondary N) is 1. The molecular weight excluding hydrogens is 218 g/mol. The molecule has 2 rings (SSSR count). The Morgan fingerprint density at radius 3 is 2.61 bits per heavy atom. The minimum Gasteiger partial charge on any atom is -0.314 e. The van der Waals surface area contributed by atoms with E-state index in [2.05, 4.69) is 49.5 Å². The molecule has 18 heavy (non-hydrogen) atoms. The number of unbranched alkanes of at least 4 members (excludes halogenated alkanes) is 2. The molecule has 1 nitrogen and oxygen atoms in total. The summed E-state index contributed by atoms with van der Waals surface area (Å²) in [5.74, 6) is 1.70. The quantitative estimate of drug-likeness (QED) is 0.671. The maximum absolute atomic E-state index is 3.70. The van der Waals surface area contributed by atoms with Crippen LogP contribution in [0.3, 0.4) is 0 Å². The Bertz CT molecular complexity index is 333. The van der Waals surface area contributed by atoms with Crippen LogP contribution in [0.25, 0.3) is 0 Å². The fourth-order valence-electron chi connectivity index (χ4n) is 3.09. The van der Waals surface area contributed by atoms with Crippen LogP contribution in [0.15, 0.2) is 30.3 Å². The Labute approximate surface area is 112 Å². The zero-order chi connectivity index (χ0) is 12.8. The van der Waals surface area contributed by atoms with Crippen molar-refractivity contribution in [3.8, 4) is 0 Å². The Morgan fingerprint density at radius 1 is 1.17 bits per heavy atom. The van der Waals surface area contributed by atoms with Gasteiger partial charge in [0.2, 0.25) is 0 Å². The summed E-state index contributed by atoms with van der Waals surface area (Å²) in [6.07, 6.45) is 6.83. The molecule has 0 saturated heterocycles.